The van der Waals surface area contributed by atoms with Crippen LogP contribution in [-0.2, 0) is 28.7 Å². The highest BCUT2D eigenvalue weighted by Crippen LogP contribution is 2.40. The number of ketones is 1. The van der Waals surface area contributed by atoms with E-state index < -0.39 is 76.1 Å². The Hall–Kier alpha value is -3.70. The summed E-state index contributed by atoms with van der Waals surface area (Å²) in [5.41, 5.74) is -1.19. The molecule has 2 aliphatic carbocycles. The van der Waals surface area contributed by atoms with Crippen molar-refractivity contribution in [1.29, 1.82) is 0 Å². The standard InChI is InChI=1S/C41H67N5O7/c1-12-21-42-35(49)31(47)29(24-27-16-17-27)43-34(48)30-28(23-26(4)25(2)3)18-22-46(30)37(51)33(39(5,6)7)44-36(50)32(41(11)19-14-13-15-20-41)45-38(52)53-40(8,9)10/h12,25,27-30,32-33H,1,4,13-24H2,2-3,5-11H3,(H,42,49)(H,43,48)(H,44,50)(H,45,52)/t28-,29?,30+,32-,33-/m1/s1. The molecule has 0 aromatic carbocycles. The quantitative estimate of drug-likeness (QED) is 0.122. The van der Waals surface area contributed by atoms with Gasteiger partial charge in [0.05, 0.1) is 6.04 Å². The van der Waals surface area contributed by atoms with Crippen molar-refractivity contribution in [2.45, 2.75) is 156 Å². The first-order chi connectivity index (χ1) is 24.6. The maximum atomic E-state index is 14.8. The summed E-state index contributed by atoms with van der Waals surface area (Å²) in [6.07, 6.45) is 8.23. The van der Waals surface area contributed by atoms with Crippen molar-refractivity contribution >= 4 is 35.5 Å². The summed E-state index contributed by atoms with van der Waals surface area (Å²) < 4.78 is 5.56. The number of nitrogens with one attached hydrogen (secondary N) is 4. The van der Waals surface area contributed by atoms with E-state index in [4.69, 9.17) is 4.74 Å². The lowest BCUT2D eigenvalue weighted by atomic mass is 9.70. The summed E-state index contributed by atoms with van der Waals surface area (Å²) in [6, 6.07) is -4.02. The number of likely N-dealkylation sites (tertiary alicyclic amines) is 1. The third-order valence-electron chi connectivity index (χ3n) is 11.0. The number of allylic oxidation sites excluding steroid dienone is 1. The summed E-state index contributed by atoms with van der Waals surface area (Å²) in [4.78, 5) is 84.2. The third kappa shape index (κ3) is 12.4. The van der Waals surface area contributed by atoms with Gasteiger partial charge in [-0.15, -0.1) is 6.58 Å². The van der Waals surface area contributed by atoms with Gasteiger partial charge in [0.2, 0.25) is 23.5 Å². The Labute approximate surface area is 317 Å². The van der Waals surface area contributed by atoms with Crippen LogP contribution in [0.1, 0.15) is 127 Å². The summed E-state index contributed by atoms with van der Waals surface area (Å²) >= 11 is 0. The number of nitrogens with zero attached hydrogens (tertiary/aromatic N) is 1. The highest BCUT2D eigenvalue weighted by Gasteiger charge is 2.49. The van der Waals surface area contributed by atoms with E-state index in [1.54, 1.807) is 20.8 Å². The van der Waals surface area contributed by atoms with Crippen LogP contribution in [0.3, 0.4) is 0 Å². The molecule has 1 aliphatic heterocycles. The number of rotatable bonds is 16. The topological polar surface area (TPSA) is 163 Å². The van der Waals surface area contributed by atoms with Gasteiger partial charge < -0.3 is 30.9 Å². The van der Waals surface area contributed by atoms with Crippen LogP contribution < -0.4 is 21.3 Å². The normalized spacial score (nSPS) is 21.8. The van der Waals surface area contributed by atoms with Crippen LogP contribution in [0.2, 0.25) is 0 Å². The van der Waals surface area contributed by atoms with Crippen LogP contribution >= 0.6 is 0 Å². The minimum absolute atomic E-state index is 0.117. The molecule has 3 rings (SSSR count). The smallest absolute Gasteiger partial charge is 0.408 e. The maximum Gasteiger partial charge on any atom is 0.408 e. The van der Waals surface area contributed by atoms with Gasteiger partial charge >= 0.3 is 6.09 Å². The van der Waals surface area contributed by atoms with Gasteiger partial charge in [-0.2, -0.15) is 0 Å². The van der Waals surface area contributed by atoms with Gasteiger partial charge in [-0.1, -0.05) is 91.9 Å². The van der Waals surface area contributed by atoms with Crippen molar-refractivity contribution in [1.82, 2.24) is 26.2 Å². The monoisotopic (exact) mass is 742 g/mol. The SMILES string of the molecule is C=CCNC(=O)C(=O)C(CC1CC1)NC(=O)[C@@H]1[C@@H](CC(=C)C(C)C)CCN1C(=O)[C@@H](NC(=O)[C@@H](NC(=O)OC(C)(C)C)C1(C)CCCCC1)C(C)(C)C. The molecule has 12 nitrogen and oxygen atoms in total. The van der Waals surface area contributed by atoms with Gasteiger partial charge in [0.25, 0.3) is 5.91 Å². The van der Waals surface area contributed by atoms with Crippen LogP contribution in [0.5, 0.6) is 0 Å². The lowest BCUT2D eigenvalue weighted by molar-refractivity contribution is -0.146. The molecule has 0 aromatic heterocycles. The average molecular weight is 742 g/mol. The second-order valence-electron chi connectivity index (χ2n) is 18.2. The molecule has 5 amide bonds. The van der Waals surface area contributed by atoms with Gasteiger partial charge in [-0.25, -0.2) is 4.79 Å². The minimum Gasteiger partial charge on any atom is -0.444 e. The summed E-state index contributed by atoms with van der Waals surface area (Å²) in [5.74, 6) is -2.87. The van der Waals surface area contributed by atoms with Crippen LogP contribution in [-0.4, -0.2) is 83.3 Å². The summed E-state index contributed by atoms with van der Waals surface area (Å²) in [7, 11) is 0. The molecule has 53 heavy (non-hydrogen) atoms. The second-order valence-corrected chi connectivity index (χ2v) is 18.2. The van der Waals surface area contributed by atoms with Crippen molar-refractivity contribution in [3.8, 4) is 0 Å². The van der Waals surface area contributed by atoms with E-state index in [-0.39, 0.29) is 30.8 Å². The molecule has 2 saturated carbocycles. The van der Waals surface area contributed by atoms with Crippen molar-refractivity contribution < 1.29 is 33.5 Å². The zero-order chi connectivity index (χ0) is 39.9. The zero-order valence-electron chi connectivity index (χ0n) is 33.8. The number of hydrogen-bond donors (Lipinski definition) is 4. The number of Topliss-reactive ketones (excluding diaryl/α,β-unsaturated/α-hetero) is 1. The average Bonchev–Trinajstić information content (AvgIpc) is 3.78. The number of carbonyl (C=O) groups excluding carboxylic acids is 6. The Kier molecular flexibility index (Phi) is 14.9. The molecule has 3 fully saturated rings. The maximum absolute atomic E-state index is 14.8. The van der Waals surface area contributed by atoms with Crippen LogP contribution in [0.25, 0.3) is 0 Å². The van der Waals surface area contributed by atoms with Gasteiger partial charge in [0, 0.05) is 13.1 Å². The van der Waals surface area contributed by atoms with E-state index in [0.717, 1.165) is 50.5 Å². The number of hydrogen-bond acceptors (Lipinski definition) is 7. The first-order valence-electron chi connectivity index (χ1n) is 19.6. The van der Waals surface area contributed by atoms with E-state index in [1.165, 1.54) is 11.0 Å². The molecule has 12 heteroatoms. The number of amides is 5. The predicted octanol–water partition coefficient (Wildman–Crippen LogP) is 5.36. The summed E-state index contributed by atoms with van der Waals surface area (Å²) in [5, 5.41) is 11.3. The highest BCUT2D eigenvalue weighted by molar-refractivity contribution is 6.38. The second kappa shape index (κ2) is 18.1. The summed E-state index contributed by atoms with van der Waals surface area (Å²) in [6.45, 7) is 25.1. The minimum atomic E-state index is -1.05. The Morgan fingerprint density at radius 1 is 0.925 bits per heavy atom. The van der Waals surface area contributed by atoms with E-state index in [1.807, 2.05) is 41.5 Å². The van der Waals surface area contributed by atoms with E-state index in [2.05, 4.69) is 34.4 Å². The number of ether oxygens (including phenoxy) is 1. The molecule has 298 valence electrons. The van der Waals surface area contributed by atoms with E-state index >= 15 is 0 Å². The fourth-order valence-corrected chi connectivity index (χ4v) is 7.50. The van der Waals surface area contributed by atoms with Gasteiger partial charge in [-0.05, 0) is 81.5 Å². The van der Waals surface area contributed by atoms with Crippen LogP contribution in [0, 0.1) is 28.6 Å². The molecule has 0 bridgehead atoms. The van der Waals surface area contributed by atoms with Gasteiger partial charge in [0.15, 0.2) is 0 Å². The van der Waals surface area contributed by atoms with E-state index in [9.17, 15) is 28.8 Å². The number of carbonyl (C=O) groups is 6. The highest BCUT2D eigenvalue weighted by atomic mass is 16.6. The van der Waals surface area contributed by atoms with Crippen LogP contribution in [0.15, 0.2) is 24.8 Å². The van der Waals surface area contributed by atoms with Crippen molar-refractivity contribution in [3.05, 3.63) is 24.8 Å². The molecule has 1 saturated heterocycles. The Bertz CT molecular complexity index is 1380. The predicted molar refractivity (Wildman–Crippen MR) is 205 cm³/mol. The fraction of sp³-hybridized carbons (Fsp3) is 0.756. The van der Waals surface area contributed by atoms with Gasteiger partial charge in [-0.3, -0.25) is 24.0 Å². The van der Waals surface area contributed by atoms with Crippen molar-refractivity contribution in [2.24, 2.45) is 28.6 Å². The molecule has 0 spiro atoms. The lowest BCUT2D eigenvalue weighted by Gasteiger charge is -2.42. The molecular weight excluding hydrogens is 674 g/mol. The largest absolute Gasteiger partial charge is 0.444 e. The van der Waals surface area contributed by atoms with Gasteiger partial charge in [0.1, 0.15) is 23.7 Å². The third-order valence-corrected chi connectivity index (χ3v) is 11.0. The van der Waals surface area contributed by atoms with E-state index in [0.29, 0.717) is 19.3 Å². The molecule has 4 N–H and O–H groups in total. The first kappa shape index (κ1) is 43.7. The fourth-order valence-electron chi connectivity index (χ4n) is 7.50. The Balaban J connectivity index is 1.96. The lowest BCUT2D eigenvalue weighted by Crippen LogP contribution is -2.63. The first-order valence-corrected chi connectivity index (χ1v) is 19.6. The molecule has 0 aromatic rings. The van der Waals surface area contributed by atoms with Crippen molar-refractivity contribution in [2.75, 3.05) is 13.1 Å². The molecule has 1 heterocycles. The molecule has 0 radical (unpaired) electrons. The molecule has 3 aliphatic rings. The molecular formula is C41H67N5O7. The molecule has 1 unspecified atom stereocenters. The van der Waals surface area contributed by atoms with Crippen LogP contribution in [0.4, 0.5) is 4.79 Å². The molecule has 5 atom stereocenters. The Morgan fingerprint density at radius 2 is 1.55 bits per heavy atom. The number of alkyl carbamates (subject to hydrolysis) is 1. The zero-order valence-corrected chi connectivity index (χ0v) is 33.8. The van der Waals surface area contributed by atoms with Crippen molar-refractivity contribution in [3.63, 3.8) is 0 Å². The Morgan fingerprint density at radius 3 is 2.08 bits per heavy atom.